The summed E-state index contributed by atoms with van der Waals surface area (Å²) in [6.45, 7) is 4.27. The highest BCUT2D eigenvalue weighted by atomic mass is 16.3. The van der Waals surface area contributed by atoms with Crippen molar-refractivity contribution >= 4 is 0 Å². The summed E-state index contributed by atoms with van der Waals surface area (Å²) in [5.74, 6) is 0.960. The van der Waals surface area contributed by atoms with E-state index >= 15 is 0 Å². The third kappa shape index (κ3) is 3.18. The molecule has 0 spiro atoms. The molecule has 1 aromatic heterocycles. The van der Waals surface area contributed by atoms with Crippen LogP contribution in [0.5, 0.6) is 0 Å². The van der Waals surface area contributed by atoms with Gasteiger partial charge in [0.2, 0.25) is 0 Å². The molecule has 1 heterocycles. The van der Waals surface area contributed by atoms with Crippen molar-refractivity contribution in [3.05, 3.63) is 23.7 Å². The van der Waals surface area contributed by atoms with Crippen LogP contribution in [-0.4, -0.2) is 0 Å². The Kier molecular flexibility index (Phi) is 4.74. The molecule has 1 aromatic rings. The number of hydrogen-bond acceptors (Lipinski definition) is 2. The first-order valence-electron chi connectivity index (χ1n) is 5.55. The number of unbranched alkanes of at least 4 members (excludes halogenated alkanes) is 3. The molecule has 0 fully saturated rings. The fourth-order valence-electron chi connectivity index (χ4n) is 1.69. The monoisotopic (exact) mass is 195 g/mol. The molecule has 0 saturated heterocycles. The van der Waals surface area contributed by atoms with Gasteiger partial charge in [0.15, 0.2) is 0 Å². The van der Waals surface area contributed by atoms with Gasteiger partial charge in [-0.1, -0.05) is 32.6 Å². The topological polar surface area (TPSA) is 39.2 Å². The van der Waals surface area contributed by atoms with E-state index in [1.54, 1.807) is 6.26 Å². The average molecular weight is 195 g/mol. The number of rotatable bonds is 6. The molecule has 0 aromatic carbocycles. The van der Waals surface area contributed by atoms with Crippen molar-refractivity contribution in [2.45, 2.75) is 52.0 Å². The van der Waals surface area contributed by atoms with Crippen molar-refractivity contribution in [1.82, 2.24) is 0 Å². The highest BCUT2D eigenvalue weighted by Crippen LogP contribution is 2.21. The first-order chi connectivity index (χ1) is 6.75. The number of nitrogens with two attached hydrogens (primary N) is 1. The molecule has 2 nitrogen and oxygen atoms in total. The van der Waals surface area contributed by atoms with Gasteiger partial charge in [0.25, 0.3) is 0 Å². The van der Waals surface area contributed by atoms with E-state index in [0.717, 1.165) is 12.2 Å². The Morgan fingerprint density at radius 3 is 2.71 bits per heavy atom. The van der Waals surface area contributed by atoms with Crippen LogP contribution in [-0.2, 0) is 0 Å². The van der Waals surface area contributed by atoms with Gasteiger partial charge in [0, 0.05) is 0 Å². The highest BCUT2D eigenvalue weighted by Gasteiger charge is 2.11. The molecule has 14 heavy (non-hydrogen) atoms. The summed E-state index contributed by atoms with van der Waals surface area (Å²) in [6, 6.07) is 2.06. The normalized spacial score (nSPS) is 13.1. The summed E-state index contributed by atoms with van der Waals surface area (Å²) < 4.78 is 5.36. The van der Waals surface area contributed by atoms with E-state index in [-0.39, 0.29) is 6.04 Å². The minimum absolute atomic E-state index is 0.0851. The second-order valence-electron chi connectivity index (χ2n) is 3.92. The molecule has 0 aliphatic rings. The Morgan fingerprint density at radius 1 is 1.36 bits per heavy atom. The van der Waals surface area contributed by atoms with Gasteiger partial charge in [-0.25, -0.2) is 0 Å². The zero-order valence-electron chi connectivity index (χ0n) is 9.25. The van der Waals surface area contributed by atoms with Gasteiger partial charge in [-0.05, 0) is 25.0 Å². The summed E-state index contributed by atoms with van der Waals surface area (Å²) in [5.41, 5.74) is 7.20. The van der Waals surface area contributed by atoms with Crippen LogP contribution in [0, 0.1) is 6.92 Å². The van der Waals surface area contributed by atoms with Crippen LogP contribution in [0.3, 0.4) is 0 Å². The summed E-state index contributed by atoms with van der Waals surface area (Å²) in [6.07, 6.45) is 7.82. The maximum Gasteiger partial charge on any atom is 0.123 e. The molecule has 1 atom stereocenters. The molecule has 0 radical (unpaired) electrons. The minimum atomic E-state index is 0.0851. The van der Waals surface area contributed by atoms with Crippen LogP contribution < -0.4 is 5.73 Å². The van der Waals surface area contributed by atoms with Gasteiger partial charge in [-0.15, -0.1) is 0 Å². The number of furan rings is 1. The van der Waals surface area contributed by atoms with Crippen LogP contribution in [0.2, 0.25) is 0 Å². The van der Waals surface area contributed by atoms with E-state index in [9.17, 15) is 0 Å². The van der Waals surface area contributed by atoms with Crippen LogP contribution in [0.25, 0.3) is 0 Å². The molecule has 1 unspecified atom stereocenters. The molecule has 0 amide bonds. The van der Waals surface area contributed by atoms with Crippen LogP contribution in [0.15, 0.2) is 16.7 Å². The largest absolute Gasteiger partial charge is 0.467 e. The molecular weight excluding hydrogens is 174 g/mol. The van der Waals surface area contributed by atoms with Gasteiger partial charge in [0.05, 0.1) is 12.3 Å². The smallest absolute Gasteiger partial charge is 0.123 e. The average Bonchev–Trinajstić information content (AvgIpc) is 2.59. The van der Waals surface area contributed by atoms with Gasteiger partial charge in [-0.2, -0.15) is 0 Å². The van der Waals surface area contributed by atoms with Crippen molar-refractivity contribution < 1.29 is 4.42 Å². The molecule has 2 N–H and O–H groups in total. The summed E-state index contributed by atoms with van der Waals surface area (Å²) >= 11 is 0. The van der Waals surface area contributed by atoms with Gasteiger partial charge < -0.3 is 10.2 Å². The molecule has 80 valence electrons. The van der Waals surface area contributed by atoms with Crippen LogP contribution in [0.1, 0.15) is 56.4 Å². The standard InChI is InChI=1S/C12H21NO/c1-3-4-5-6-7-11(13)12-10(2)8-9-14-12/h8-9,11H,3-7,13H2,1-2H3. The van der Waals surface area contributed by atoms with E-state index in [4.69, 9.17) is 10.2 Å². The van der Waals surface area contributed by atoms with Gasteiger partial charge in [-0.3, -0.25) is 0 Å². The lowest BCUT2D eigenvalue weighted by atomic mass is 10.0. The lowest BCUT2D eigenvalue weighted by Crippen LogP contribution is -2.10. The molecule has 0 saturated carbocycles. The second-order valence-corrected chi connectivity index (χ2v) is 3.92. The van der Waals surface area contributed by atoms with Gasteiger partial charge in [0.1, 0.15) is 5.76 Å². The Hall–Kier alpha value is -0.760. The third-order valence-electron chi connectivity index (χ3n) is 2.61. The zero-order valence-corrected chi connectivity index (χ0v) is 9.25. The van der Waals surface area contributed by atoms with Crippen molar-refractivity contribution in [1.29, 1.82) is 0 Å². The zero-order chi connectivity index (χ0) is 10.4. The van der Waals surface area contributed by atoms with Crippen molar-refractivity contribution in [2.24, 2.45) is 5.73 Å². The number of hydrogen-bond donors (Lipinski definition) is 1. The van der Waals surface area contributed by atoms with Crippen LogP contribution in [0.4, 0.5) is 0 Å². The summed E-state index contributed by atoms with van der Waals surface area (Å²) in [7, 11) is 0. The second kappa shape index (κ2) is 5.86. The molecule has 0 bridgehead atoms. The number of aryl methyl sites for hydroxylation is 1. The SMILES string of the molecule is CCCCCCC(N)c1occc1C. The van der Waals surface area contributed by atoms with Crippen molar-refractivity contribution in [3.63, 3.8) is 0 Å². The maximum atomic E-state index is 6.03. The summed E-state index contributed by atoms with van der Waals surface area (Å²) in [4.78, 5) is 0. The molecular formula is C12H21NO. The fraction of sp³-hybridized carbons (Fsp3) is 0.667. The molecule has 0 aliphatic carbocycles. The highest BCUT2D eigenvalue weighted by molar-refractivity contribution is 5.17. The van der Waals surface area contributed by atoms with E-state index in [1.165, 1.54) is 31.2 Å². The van der Waals surface area contributed by atoms with Crippen molar-refractivity contribution in [2.75, 3.05) is 0 Å². The van der Waals surface area contributed by atoms with Crippen LogP contribution >= 0.6 is 0 Å². The van der Waals surface area contributed by atoms with E-state index in [0.29, 0.717) is 0 Å². The van der Waals surface area contributed by atoms with Crippen molar-refractivity contribution in [3.8, 4) is 0 Å². The predicted octanol–water partition coefficient (Wildman–Crippen LogP) is 3.56. The minimum Gasteiger partial charge on any atom is -0.467 e. The molecule has 0 aliphatic heterocycles. The maximum absolute atomic E-state index is 6.03. The van der Waals surface area contributed by atoms with Gasteiger partial charge >= 0.3 is 0 Å². The lowest BCUT2D eigenvalue weighted by Gasteiger charge is -2.09. The van der Waals surface area contributed by atoms with E-state index in [1.807, 2.05) is 13.0 Å². The fourth-order valence-corrected chi connectivity index (χ4v) is 1.69. The Labute approximate surface area is 86.5 Å². The Bertz CT molecular complexity index is 255. The lowest BCUT2D eigenvalue weighted by molar-refractivity contribution is 0.437. The molecule has 2 heteroatoms. The Balaban J connectivity index is 2.28. The molecule has 1 rings (SSSR count). The third-order valence-corrected chi connectivity index (χ3v) is 2.61. The Morgan fingerprint density at radius 2 is 2.14 bits per heavy atom. The predicted molar refractivity (Wildman–Crippen MR) is 59.1 cm³/mol. The van der Waals surface area contributed by atoms with E-state index < -0.39 is 0 Å². The summed E-state index contributed by atoms with van der Waals surface area (Å²) in [5, 5.41) is 0. The first-order valence-corrected chi connectivity index (χ1v) is 5.55. The van der Waals surface area contributed by atoms with E-state index in [2.05, 4.69) is 6.92 Å². The first kappa shape index (κ1) is 11.3. The quantitative estimate of drug-likeness (QED) is 0.705.